The van der Waals surface area contributed by atoms with E-state index in [4.69, 9.17) is 18.9 Å². The molecule has 16 heteroatoms. The SMILES string of the molecule is CCCCCCCCCCC/C=C/C[C@@H](O)[C@@H](O)[C@H](CO[C@@H]1O[C@H](CO[C@H]2O[C@H](CO)[C@H](O)[C@H](O)[C@H]2O)[C@@H](O)[C@H](O)[C@H]1O)NC(=O)[C@H](O)CCCCCCCCCCCCCCCCCCCCCC. The van der Waals surface area contributed by atoms with Gasteiger partial charge in [-0.15, -0.1) is 0 Å². The summed E-state index contributed by atoms with van der Waals surface area (Å²) < 4.78 is 22.4. The van der Waals surface area contributed by atoms with Gasteiger partial charge in [0.1, 0.15) is 61.0 Å². The maximum absolute atomic E-state index is 13.3. The highest BCUT2D eigenvalue weighted by molar-refractivity contribution is 5.80. The number of carbonyl (C=O) groups excluding carboxylic acids is 1. The van der Waals surface area contributed by atoms with Crippen LogP contribution in [0.1, 0.15) is 219 Å². The molecule has 2 aliphatic rings. The minimum Gasteiger partial charge on any atom is -0.394 e. The van der Waals surface area contributed by atoms with Crippen molar-refractivity contribution < 1.29 is 74.8 Å². The molecule has 0 radical (unpaired) electrons. The number of aliphatic hydroxyl groups is 10. The lowest BCUT2D eigenvalue weighted by molar-refractivity contribution is -0.331. The van der Waals surface area contributed by atoms with E-state index >= 15 is 0 Å². The Bertz CT molecular complexity index is 1270. The number of nitrogens with one attached hydrogen (secondary N) is 1. The molecule has 0 saturated carbocycles. The monoisotopic (exact) mass is 1010 g/mol. The summed E-state index contributed by atoms with van der Waals surface area (Å²) >= 11 is 0. The van der Waals surface area contributed by atoms with Crippen molar-refractivity contribution in [1.29, 1.82) is 0 Å². The van der Waals surface area contributed by atoms with Gasteiger partial charge in [0.25, 0.3) is 0 Å². The number of aliphatic hydroxyl groups excluding tert-OH is 10. The number of allylic oxidation sites excluding steroid dienone is 1. The molecule has 1 amide bonds. The zero-order valence-electron chi connectivity index (χ0n) is 43.5. The lowest BCUT2D eigenvalue weighted by atomic mass is 9.98. The highest BCUT2D eigenvalue weighted by Gasteiger charge is 2.48. The predicted molar refractivity (Wildman–Crippen MR) is 271 cm³/mol. The second-order valence-corrected chi connectivity index (χ2v) is 20.4. The van der Waals surface area contributed by atoms with Gasteiger partial charge in [0, 0.05) is 0 Å². The minimum absolute atomic E-state index is 0.0672. The maximum Gasteiger partial charge on any atom is 0.249 e. The zero-order valence-corrected chi connectivity index (χ0v) is 43.5. The van der Waals surface area contributed by atoms with Gasteiger partial charge in [0.15, 0.2) is 12.6 Å². The van der Waals surface area contributed by atoms with Gasteiger partial charge < -0.3 is 75.3 Å². The molecular formula is C54H103NO15. The topological polar surface area (TPSA) is 268 Å². The fourth-order valence-corrected chi connectivity index (χ4v) is 9.35. The number of unbranched alkanes of at least 4 members (excludes halogenated alkanes) is 28. The first-order chi connectivity index (χ1) is 33.9. The molecule has 14 atom stereocenters. The number of amides is 1. The van der Waals surface area contributed by atoms with E-state index < -0.39 is 111 Å². The molecule has 16 nitrogen and oxygen atoms in total. The number of ether oxygens (including phenoxy) is 4. The molecule has 0 bridgehead atoms. The quantitative estimate of drug-likeness (QED) is 0.0237. The van der Waals surface area contributed by atoms with Gasteiger partial charge in [-0.1, -0.05) is 206 Å². The van der Waals surface area contributed by atoms with Crippen molar-refractivity contribution in [2.24, 2.45) is 0 Å². The number of hydrogen-bond donors (Lipinski definition) is 11. The largest absolute Gasteiger partial charge is 0.394 e. The van der Waals surface area contributed by atoms with Crippen LogP contribution < -0.4 is 5.32 Å². The Morgan fingerprint density at radius 3 is 1.37 bits per heavy atom. The summed E-state index contributed by atoms with van der Waals surface area (Å²) in [5.74, 6) is -0.773. The Kier molecular flexibility index (Phi) is 37.9. The van der Waals surface area contributed by atoms with Crippen molar-refractivity contribution in [2.75, 3.05) is 19.8 Å². The van der Waals surface area contributed by atoms with Gasteiger partial charge >= 0.3 is 0 Å². The van der Waals surface area contributed by atoms with Crippen LogP contribution in [-0.4, -0.2) is 163 Å². The third-order valence-corrected chi connectivity index (χ3v) is 14.2. The first-order valence-corrected chi connectivity index (χ1v) is 28.1. The van der Waals surface area contributed by atoms with Crippen molar-refractivity contribution in [3.8, 4) is 0 Å². The maximum atomic E-state index is 13.3. The summed E-state index contributed by atoms with van der Waals surface area (Å²) in [5, 5.41) is 108. The van der Waals surface area contributed by atoms with Crippen LogP contribution in [-0.2, 0) is 23.7 Å². The van der Waals surface area contributed by atoms with E-state index in [1.807, 2.05) is 6.08 Å². The molecule has 2 aliphatic heterocycles. The third-order valence-electron chi connectivity index (χ3n) is 14.2. The summed E-state index contributed by atoms with van der Waals surface area (Å²) in [4.78, 5) is 13.3. The van der Waals surface area contributed by atoms with Crippen molar-refractivity contribution in [3.63, 3.8) is 0 Å². The smallest absolute Gasteiger partial charge is 0.249 e. The predicted octanol–water partition coefficient (Wildman–Crippen LogP) is 6.27. The summed E-state index contributed by atoms with van der Waals surface area (Å²) in [6.07, 6.45) is 19.9. The normalized spacial score (nSPS) is 26.9. The van der Waals surface area contributed by atoms with E-state index in [0.29, 0.717) is 6.42 Å². The van der Waals surface area contributed by atoms with Crippen LogP contribution in [0.3, 0.4) is 0 Å². The number of hydrogen-bond acceptors (Lipinski definition) is 15. The van der Waals surface area contributed by atoms with Gasteiger partial charge in [0.05, 0.1) is 32.0 Å². The van der Waals surface area contributed by atoms with Crippen molar-refractivity contribution in [1.82, 2.24) is 5.32 Å². The van der Waals surface area contributed by atoms with Crippen molar-refractivity contribution >= 4 is 5.91 Å². The number of rotatable bonds is 44. The summed E-state index contributed by atoms with van der Waals surface area (Å²) in [6.45, 7) is 2.65. The molecule has 0 aromatic carbocycles. The molecule has 0 spiro atoms. The lowest BCUT2D eigenvalue weighted by Crippen LogP contribution is -2.62. The standard InChI is InChI=1S/C54H103NO15/c1-3-5-7-9-11-13-15-17-18-19-20-21-22-23-24-26-28-30-32-34-36-42(58)52(66)55-40(45(59)41(57)35-33-31-29-27-25-16-14-12-10-8-6-4-2)38-67-53-51(65)49(63)47(61)44(70-53)39-68-54-50(64)48(62)46(60)43(37-56)69-54/h31,33,40-51,53-54,56-65H,3-30,32,34-39H2,1-2H3,(H,55,66)/b33-31+/t40-,41+,42+,43+,44+,45-,46-,47+,48-,49-,50+,51+,53+,54-/m0/s1. The Morgan fingerprint density at radius 1 is 0.514 bits per heavy atom. The fourth-order valence-electron chi connectivity index (χ4n) is 9.35. The molecule has 11 N–H and O–H groups in total. The van der Waals surface area contributed by atoms with Crippen molar-refractivity contribution in [2.45, 2.75) is 305 Å². The molecule has 2 heterocycles. The van der Waals surface area contributed by atoms with Crippen molar-refractivity contribution in [3.05, 3.63) is 12.2 Å². The van der Waals surface area contributed by atoms with Crippen LogP contribution in [0, 0.1) is 0 Å². The molecule has 414 valence electrons. The minimum atomic E-state index is -1.83. The second kappa shape index (κ2) is 41.0. The first kappa shape index (κ1) is 64.8. The molecule has 0 aliphatic carbocycles. The number of carbonyl (C=O) groups is 1. The Hall–Kier alpha value is -1.35. The van der Waals surface area contributed by atoms with Crippen LogP contribution in [0.5, 0.6) is 0 Å². The van der Waals surface area contributed by atoms with Crippen LogP contribution in [0.4, 0.5) is 0 Å². The van der Waals surface area contributed by atoms with E-state index in [2.05, 4.69) is 19.2 Å². The molecule has 70 heavy (non-hydrogen) atoms. The molecule has 0 aromatic heterocycles. The average Bonchev–Trinajstić information content (AvgIpc) is 3.36. The van der Waals surface area contributed by atoms with E-state index in [1.54, 1.807) is 6.08 Å². The molecule has 2 fully saturated rings. The lowest BCUT2D eigenvalue weighted by Gasteiger charge is -2.43. The van der Waals surface area contributed by atoms with Crippen LogP contribution in [0.25, 0.3) is 0 Å². The summed E-state index contributed by atoms with van der Waals surface area (Å²) in [5.41, 5.74) is 0. The van der Waals surface area contributed by atoms with Gasteiger partial charge in [0.2, 0.25) is 5.91 Å². The zero-order chi connectivity index (χ0) is 51.4. The van der Waals surface area contributed by atoms with Gasteiger partial charge in [-0.05, 0) is 25.7 Å². The highest BCUT2D eigenvalue weighted by atomic mass is 16.7. The average molecular weight is 1010 g/mol. The molecule has 2 saturated heterocycles. The molecule has 0 unspecified atom stereocenters. The van der Waals surface area contributed by atoms with Gasteiger partial charge in [-0.2, -0.15) is 0 Å². The van der Waals surface area contributed by atoms with Crippen LogP contribution in [0.2, 0.25) is 0 Å². The van der Waals surface area contributed by atoms with E-state index in [9.17, 15) is 55.9 Å². The fraction of sp³-hybridized carbons (Fsp3) is 0.944. The van der Waals surface area contributed by atoms with Crippen LogP contribution >= 0.6 is 0 Å². The van der Waals surface area contributed by atoms with Gasteiger partial charge in [-0.25, -0.2) is 0 Å². The highest BCUT2D eigenvalue weighted by Crippen LogP contribution is 2.27. The van der Waals surface area contributed by atoms with E-state index in [0.717, 1.165) is 38.5 Å². The summed E-state index contributed by atoms with van der Waals surface area (Å²) in [6, 6.07) is -1.30. The third kappa shape index (κ3) is 27.3. The Morgan fingerprint density at radius 2 is 0.914 bits per heavy atom. The molecular weight excluding hydrogens is 903 g/mol. The van der Waals surface area contributed by atoms with E-state index in [1.165, 1.54) is 148 Å². The van der Waals surface area contributed by atoms with E-state index in [-0.39, 0.29) is 12.8 Å². The Balaban J connectivity index is 1.84. The van der Waals surface area contributed by atoms with Crippen LogP contribution in [0.15, 0.2) is 12.2 Å². The molecule has 2 rings (SSSR count). The molecule has 0 aromatic rings. The Labute approximate surface area is 421 Å². The van der Waals surface area contributed by atoms with Gasteiger partial charge in [-0.3, -0.25) is 4.79 Å². The summed E-state index contributed by atoms with van der Waals surface area (Å²) in [7, 11) is 0. The second-order valence-electron chi connectivity index (χ2n) is 20.4. The first-order valence-electron chi connectivity index (χ1n) is 28.1.